The third-order valence-corrected chi connectivity index (χ3v) is 5.67. The van der Waals surface area contributed by atoms with Crippen LogP contribution in [0.2, 0.25) is 0 Å². The van der Waals surface area contributed by atoms with E-state index in [1.54, 1.807) is 6.92 Å². The first-order chi connectivity index (χ1) is 12.2. The molecule has 4 nitrogen and oxygen atoms in total. The number of carbonyl (C=O) groups is 2. The Balaban J connectivity index is 1.68. The Hall–Kier alpha value is -2.05. The second kappa shape index (κ2) is 6.93. The van der Waals surface area contributed by atoms with Crippen molar-refractivity contribution in [2.45, 2.75) is 44.8 Å². The van der Waals surface area contributed by atoms with Crippen LogP contribution in [-0.4, -0.2) is 34.5 Å². The maximum absolute atomic E-state index is 12.8. The van der Waals surface area contributed by atoms with E-state index >= 15 is 0 Å². The number of aliphatic carboxylic acids is 1. The van der Waals surface area contributed by atoms with Gasteiger partial charge in [0.1, 0.15) is 6.04 Å². The van der Waals surface area contributed by atoms with Gasteiger partial charge in [-0.05, 0) is 48.8 Å². The van der Waals surface area contributed by atoms with Gasteiger partial charge in [-0.1, -0.05) is 25.5 Å². The smallest absolute Gasteiger partial charge is 0.416 e. The van der Waals surface area contributed by atoms with Crippen LogP contribution in [-0.2, 0) is 22.2 Å². The number of carboxylic acids is 1. The number of rotatable bonds is 4. The van der Waals surface area contributed by atoms with Crippen LogP contribution in [0.3, 0.4) is 0 Å². The normalized spacial score (nSPS) is 26.6. The molecule has 2 aliphatic rings. The van der Waals surface area contributed by atoms with Crippen molar-refractivity contribution in [3.63, 3.8) is 0 Å². The second-order valence-corrected chi connectivity index (χ2v) is 7.43. The van der Waals surface area contributed by atoms with Crippen LogP contribution in [0.1, 0.15) is 37.3 Å². The standard InChI is InChI=1S/C19H22F3NO3/c1-11(9-12-5-7-14(8-6-12)19(20,21)22)17(24)23-10-13-3-2-4-15(13)16(23)18(25)26/h5-8,11,13,15-16H,2-4,9-10H2,1H3,(H,25,26). The van der Waals surface area contributed by atoms with Gasteiger partial charge in [0.2, 0.25) is 5.91 Å². The maximum Gasteiger partial charge on any atom is 0.416 e. The molecule has 1 aliphatic heterocycles. The SMILES string of the molecule is CC(Cc1ccc(C(F)(F)F)cc1)C(=O)N1CC2CCCC2C1C(=O)O. The van der Waals surface area contributed by atoms with Crippen molar-refractivity contribution in [2.24, 2.45) is 17.8 Å². The lowest BCUT2D eigenvalue weighted by Crippen LogP contribution is -2.45. The minimum absolute atomic E-state index is 0.0229. The van der Waals surface area contributed by atoms with Crippen molar-refractivity contribution in [3.8, 4) is 0 Å². The van der Waals surface area contributed by atoms with Crippen molar-refractivity contribution < 1.29 is 27.9 Å². The summed E-state index contributed by atoms with van der Waals surface area (Å²) in [5, 5.41) is 9.56. The maximum atomic E-state index is 12.8. The van der Waals surface area contributed by atoms with Crippen LogP contribution in [0.15, 0.2) is 24.3 Å². The molecule has 4 atom stereocenters. The summed E-state index contributed by atoms with van der Waals surface area (Å²) >= 11 is 0. The van der Waals surface area contributed by atoms with Crippen molar-refractivity contribution in [3.05, 3.63) is 35.4 Å². The molecule has 4 unspecified atom stereocenters. The van der Waals surface area contributed by atoms with Crippen LogP contribution in [0.4, 0.5) is 13.2 Å². The van der Waals surface area contributed by atoms with E-state index in [4.69, 9.17) is 0 Å². The van der Waals surface area contributed by atoms with Gasteiger partial charge in [-0.2, -0.15) is 13.2 Å². The molecule has 0 bridgehead atoms. The van der Waals surface area contributed by atoms with Crippen LogP contribution >= 0.6 is 0 Å². The highest BCUT2D eigenvalue weighted by molar-refractivity contribution is 5.86. The molecule has 7 heteroatoms. The van der Waals surface area contributed by atoms with Crippen LogP contribution in [0.5, 0.6) is 0 Å². The zero-order valence-electron chi connectivity index (χ0n) is 14.5. The number of hydrogen-bond acceptors (Lipinski definition) is 2. The van der Waals surface area contributed by atoms with Gasteiger partial charge in [0.05, 0.1) is 5.56 Å². The molecular formula is C19H22F3NO3. The zero-order chi connectivity index (χ0) is 19.1. The number of carbonyl (C=O) groups excluding carboxylic acids is 1. The molecule has 1 amide bonds. The number of benzene rings is 1. The van der Waals surface area contributed by atoms with E-state index in [9.17, 15) is 27.9 Å². The van der Waals surface area contributed by atoms with E-state index in [1.165, 1.54) is 17.0 Å². The second-order valence-electron chi connectivity index (χ2n) is 7.43. The number of amides is 1. The minimum atomic E-state index is -4.39. The Morgan fingerprint density at radius 2 is 1.88 bits per heavy atom. The lowest BCUT2D eigenvalue weighted by Gasteiger charge is -2.27. The first-order valence-electron chi connectivity index (χ1n) is 8.88. The summed E-state index contributed by atoms with van der Waals surface area (Å²) < 4.78 is 37.9. The highest BCUT2D eigenvalue weighted by Gasteiger charge is 2.50. The van der Waals surface area contributed by atoms with Gasteiger partial charge < -0.3 is 10.0 Å². The Bertz CT molecular complexity index is 686. The minimum Gasteiger partial charge on any atom is -0.480 e. The number of carboxylic acid groups (broad SMARTS) is 1. The summed E-state index contributed by atoms with van der Waals surface area (Å²) in [6.07, 6.45) is -1.32. The van der Waals surface area contributed by atoms with Crippen molar-refractivity contribution >= 4 is 11.9 Å². The summed E-state index contributed by atoms with van der Waals surface area (Å²) in [7, 11) is 0. The van der Waals surface area contributed by atoms with Gasteiger partial charge in [0.25, 0.3) is 0 Å². The molecule has 1 heterocycles. The number of likely N-dealkylation sites (tertiary alicyclic amines) is 1. The molecule has 1 N–H and O–H groups in total. The highest BCUT2D eigenvalue weighted by atomic mass is 19.4. The molecule has 2 fully saturated rings. The Morgan fingerprint density at radius 3 is 2.46 bits per heavy atom. The first-order valence-corrected chi connectivity index (χ1v) is 8.88. The Morgan fingerprint density at radius 1 is 1.23 bits per heavy atom. The fourth-order valence-electron chi connectivity index (χ4n) is 4.40. The van der Waals surface area contributed by atoms with Gasteiger partial charge in [0.15, 0.2) is 0 Å². The molecule has 1 aliphatic carbocycles. The number of fused-ring (bicyclic) bond motifs is 1. The van der Waals surface area contributed by atoms with Crippen LogP contribution in [0, 0.1) is 17.8 Å². The third kappa shape index (κ3) is 3.57. The Kier molecular flexibility index (Phi) is 4.99. The first kappa shape index (κ1) is 18.7. The monoisotopic (exact) mass is 369 g/mol. The number of alkyl halides is 3. The topological polar surface area (TPSA) is 57.6 Å². The fraction of sp³-hybridized carbons (Fsp3) is 0.579. The fourth-order valence-corrected chi connectivity index (χ4v) is 4.40. The van der Waals surface area contributed by atoms with Crippen molar-refractivity contribution in [1.29, 1.82) is 0 Å². The van der Waals surface area contributed by atoms with Crippen molar-refractivity contribution in [2.75, 3.05) is 6.54 Å². The molecular weight excluding hydrogens is 347 g/mol. The number of halogens is 3. The largest absolute Gasteiger partial charge is 0.480 e. The molecule has 142 valence electrons. The molecule has 3 rings (SSSR count). The summed E-state index contributed by atoms with van der Waals surface area (Å²) in [5.41, 5.74) is -0.0938. The summed E-state index contributed by atoms with van der Waals surface area (Å²) in [6.45, 7) is 2.17. The van der Waals surface area contributed by atoms with E-state index in [2.05, 4.69) is 0 Å². The van der Waals surface area contributed by atoms with Gasteiger partial charge in [-0.3, -0.25) is 4.79 Å². The molecule has 1 aromatic carbocycles. The molecule has 26 heavy (non-hydrogen) atoms. The van der Waals surface area contributed by atoms with E-state index < -0.39 is 29.7 Å². The number of hydrogen-bond donors (Lipinski definition) is 1. The highest BCUT2D eigenvalue weighted by Crippen LogP contribution is 2.42. The zero-order valence-corrected chi connectivity index (χ0v) is 14.5. The third-order valence-electron chi connectivity index (χ3n) is 5.67. The van der Waals surface area contributed by atoms with E-state index in [-0.39, 0.29) is 24.2 Å². The molecule has 0 spiro atoms. The average molecular weight is 369 g/mol. The van der Waals surface area contributed by atoms with E-state index in [0.717, 1.165) is 31.4 Å². The molecule has 1 saturated carbocycles. The van der Waals surface area contributed by atoms with Crippen LogP contribution in [0.25, 0.3) is 0 Å². The van der Waals surface area contributed by atoms with Crippen LogP contribution < -0.4 is 0 Å². The molecule has 1 saturated heterocycles. The van der Waals surface area contributed by atoms with Gasteiger partial charge >= 0.3 is 12.1 Å². The number of nitrogens with zero attached hydrogens (tertiary/aromatic N) is 1. The predicted octanol–water partition coefficient (Wildman–Crippen LogP) is 3.60. The van der Waals surface area contributed by atoms with E-state index in [1.807, 2.05) is 0 Å². The summed E-state index contributed by atoms with van der Waals surface area (Å²) in [6, 6.07) is 3.99. The predicted molar refractivity (Wildman–Crippen MR) is 88.3 cm³/mol. The van der Waals surface area contributed by atoms with E-state index in [0.29, 0.717) is 12.1 Å². The van der Waals surface area contributed by atoms with Gasteiger partial charge in [-0.15, -0.1) is 0 Å². The quantitative estimate of drug-likeness (QED) is 0.882. The van der Waals surface area contributed by atoms with Gasteiger partial charge in [-0.25, -0.2) is 4.79 Å². The lowest BCUT2D eigenvalue weighted by molar-refractivity contribution is -0.151. The molecule has 0 aromatic heterocycles. The van der Waals surface area contributed by atoms with Crippen molar-refractivity contribution in [1.82, 2.24) is 4.90 Å². The summed E-state index contributed by atoms with van der Waals surface area (Å²) in [4.78, 5) is 26.0. The molecule has 1 aromatic rings. The lowest BCUT2D eigenvalue weighted by atomic mass is 9.94. The molecule has 0 radical (unpaired) electrons. The average Bonchev–Trinajstić information content (AvgIpc) is 3.13. The summed E-state index contributed by atoms with van der Waals surface area (Å²) in [5.74, 6) is -1.40. The Labute approximate surface area is 150 Å². The van der Waals surface area contributed by atoms with Gasteiger partial charge in [0, 0.05) is 12.5 Å².